The summed E-state index contributed by atoms with van der Waals surface area (Å²) in [6, 6.07) is 8.73. The first kappa shape index (κ1) is 15.0. The van der Waals surface area contributed by atoms with Gasteiger partial charge in [-0.15, -0.1) is 0 Å². The van der Waals surface area contributed by atoms with Crippen LogP contribution in [0.4, 0.5) is 0 Å². The third kappa shape index (κ3) is 3.58. The van der Waals surface area contributed by atoms with Crippen molar-refractivity contribution in [1.82, 2.24) is 10.2 Å². The number of hydrogen-bond donors (Lipinski definition) is 1. The SMILES string of the molecule is CCC1C(=O)NC(=O)CN1CCOc1ccccc1C#N. The van der Waals surface area contributed by atoms with E-state index < -0.39 is 0 Å². The van der Waals surface area contributed by atoms with Gasteiger partial charge in [0, 0.05) is 6.54 Å². The third-order valence-corrected chi connectivity index (χ3v) is 3.38. The predicted octanol–water partition coefficient (Wildman–Crippen LogP) is 0.674. The number of para-hydroxylation sites is 1. The molecule has 110 valence electrons. The zero-order valence-electron chi connectivity index (χ0n) is 11.8. The smallest absolute Gasteiger partial charge is 0.243 e. The molecule has 6 heteroatoms. The van der Waals surface area contributed by atoms with E-state index in [0.717, 1.165) is 0 Å². The summed E-state index contributed by atoms with van der Waals surface area (Å²) in [7, 11) is 0. The quantitative estimate of drug-likeness (QED) is 0.805. The van der Waals surface area contributed by atoms with Gasteiger partial charge < -0.3 is 4.74 Å². The molecule has 0 saturated carbocycles. The molecule has 1 saturated heterocycles. The van der Waals surface area contributed by atoms with E-state index in [1.165, 1.54) is 0 Å². The Hall–Kier alpha value is -2.39. The standard InChI is InChI=1S/C15H17N3O3/c1-2-12-15(20)17-14(19)10-18(12)7-8-21-13-6-4-3-5-11(13)9-16/h3-6,12H,2,7-8,10H2,1H3,(H,17,19,20). The summed E-state index contributed by atoms with van der Waals surface area (Å²) < 4.78 is 5.59. The van der Waals surface area contributed by atoms with Crippen LogP contribution in [-0.2, 0) is 9.59 Å². The third-order valence-electron chi connectivity index (χ3n) is 3.38. The molecule has 1 aliphatic heterocycles. The van der Waals surface area contributed by atoms with Crippen LogP contribution < -0.4 is 10.1 Å². The van der Waals surface area contributed by atoms with Crippen LogP contribution in [0.15, 0.2) is 24.3 Å². The zero-order chi connectivity index (χ0) is 15.2. The Morgan fingerprint density at radius 3 is 2.90 bits per heavy atom. The Labute approximate surface area is 123 Å². The highest BCUT2D eigenvalue weighted by atomic mass is 16.5. The minimum atomic E-state index is -0.308. The van der Waals surface area contributed by atoms with E-state index in [0.29, 0.717) is 30.9 Å². The Morgan fingerprint density at radius 1 is 1.43 bits per heavy atom. The topological polar surface area (TPSA) is 82.4 Å². The number of nitrogens with zero attached hydrogens (tertiary/aromatic N) is 2. The molecule has 2 amide bonds. The van der Waals surface area contributed by atoms with Gasteiger partial charge >= 0.3 is 0 Å². The van der Waals surface area contributed by atoms with Crippen molar-refractivity contribution < 1.29 is 14.3 Å². The molecule has 0 bridgehead atoms. The number of amides is 2. The van der Waals surface area contributed by atoms with Crippen LogP contribution in [0.3, 0.4) is 0 Å². The summed E-state index contributed by atoms with van der Waals surface area (Å²) >= 11 is 0. The number of nitrogens with one attached hydrogen (secondary N) is 1. The molecular weight excluding hydrogens is 270 g/mol. The van der Waals surface area contributed by atoms with Crippen molar-refractivity contribution in [2.75, 3.05) is 19.7 Å². The van der Waals surface area contributed by atoms with Gasteiger partial charge in [-0.1, -0.05) is 19.1 Å². The maximum Gasteiger partial charge on any atom is 0.243 e. The van der Waals surface area contributed by atoms with Gasteiger partial charge in [0.25, 0.3) is 0 Å². The van der Waals surface area contributed by atoms with Crippen molar-refractivity contribution in [3.63, 3.8) is 0 Å². The summed E-state index contributed by atoms with van der Waals surface area (Å²) in [5.41, 5.74) is 0.469. The molecule has 1 N–H and O–H groups in total. The lowest BCUT2D eigenvalue weighted by Gasteiger charge is -2.33. The summed E-state index contributed by atoms with van der Waals surface area (Å²) in [6.45, 7) is 2.86. The Kier molecular flexibility index (Phi) is 4.90. The molecule has 21 heavy (non-hydrogen) atoms. The fourth-order valence-corrected chi connectivity index (χ4v) is 2.36. The maximum atomic E-state index is 11.7. The highest BCUT2D eigenvalue weighted by Gasteiger charge is 2.31. The number of imide groups is 1. The van der Waals surface area contributed by atoms with Gasteiger partial charge in [0.2, 0.25) is 11.8 Å². The lowest BCUT2D eigenvalue weighted by atomic mass is 10.1. The number of piperazine rings is 1. The van der Waals surface area contributed by atoms with E-state index in [1.807, 2.05) is 6.92 Å². The summed E-state index contributed by atoms with van der Waals surface area (Å²) in [5.74, 6) is -0.0332. The van der Waals surface area contributed by atoms with Crippen molar-refractivity contribution in [3.8, 4) is 11.8 Å². The second-order valence-corrected chi connectivity index (χ2v) is 4.76. The lowest BCUT2D eigenvalue weighted by Crippen LogP contribution is -2.58. The molecule has 1 atom stereocenters. The number of nitriles is 1. The van der Waals surface area contributed by atoms with E-state index in [4.69, 9.17) is 10.00 Å². The molecule has 0 radical (unpaired) electrons. The second-order valence-electron chi connectivity index (χ2n) is 4.76. The van der Waals surface area contributed by atoms with Gasteiger partial charge in [0.05, 0.1) is 18.2 Å². The number of benzene rings is 1. The van der Waals surface area contributed by atoms with Gasteiger partial charge in [0.15, 0.2) is 0 Å². The number of carbonyl (C=O) groups excluding carboxylic acids is 2. The van der Waals surface area contributed by atoms with Crippen LogP contribution in [0.25, 0.3) is 0 Å². The molecule has 1 unspecified atom stereocenters. The number of rotatable bonds is 5. The fourth-order valence-electron chi connectivity index (χ4n) is 2.36. The average Bonchev–Trinajstić information content (AvgIpc) is 2.47. The zero-order valence-corrected chi connectivity index (χ0v) is 11.8. The maximum absolute atomic E-state index is 11.7. The van der Waals surface area contributed by atoms with Crippen molar-refractivity contribution >= 4 is 11.8 Å². The van der Waals surface area contributed by atoms with Gasteiger partial charge in [-0.2, -0.15) is 5.26 Å². The molecule has 1 fully saturated rings. The lowest BCUT2D eigenvalue weighted by molar-refractivity contribution is -0.140. The minimum Gasteiger partial charge on any atom is -0.491 e. The Balaban J connectivity index is 1.94. The van der Waals surface area contributed by atoms with Gasteiger partial charge in [-0.25, -0.2) is 0 Å². The molecule has 1 aromatic carbocycles. The molecule has 6 nitrogen and oxygen atoms in total. The summed E-state index contributed by atoms with van der Waals surface area (Å²) in [6.07, 6.45) is 0.633. The molecule has 1 heterocycles. The van der Waals surface area contributed by atoms with Crippen molar-refractivity contribution in [1.29, 1.82) is 5.26 Å². The van der Waals surface area contributed by atoms with E-state index in [2.05, 4.69) is 11.4 Å². The number of hydrogen-bond acceptors (Lipinski definition) is 5. The van der Waals surface area contributed by atoms with Gasteiger partial charge in [-0.05, 0) is 18.6 Å². The molecule has 0 aromatic heterocycles. The number of ether oxygens (including phenoxy) is 1. The molecule has 0 aliphatic carbocycles. The molecule has 1 aliphatic rings. The summed E-state index contributed by atoms with van der Waals surface area (Å²) in [5, 5.41) is 11.3. The van der Waals surface area contributed by atoms with E-state index in [9.17, 15) is 9.59 Å². The highest BCUT2D eigenvalue weighted by molar-refractivity contribution is 6.01. The first-order valence-corrected chi connectivity index (χ1v) is 6.85. The molecule has 1 aromatic rings. The van der Waals surface area contributed by atoms with Crippen LogP contribution in [-0.4, -0.2) is 42.5 Å². The molecule has 2 rings (SSSR count). The monoisotopic (exact) mass is 287 g/mol. The van der Waals surface area contributed by atoms with Gasteiger partial charge in [0.1, 0.15) is 18.4 Å². The second kappa shape index (κ2) is 6.86. The normalized spacial score (nSPS) is 19.0. The predicted molar refractivity (Wildman–Crippen MR) is 75.5 cm³/mol. The highest BCUT2D eigenvalue weighted by Crippen LogP contribution is 2.17. The van der Waals surface area contributed by atoms with Crippen LogP contribution in [0, 0.1) is 11.3 Å². The van der Waals surface area contributed by atoms with Crippen molar-refractivity contribution in [2.24, 2.45) is 0 Å². The van der Waals surface area contributed by atoms with E-state index in [-0.39, 0.29) is 24.4 Å². The first-order valence-electron chi connectivity index (χ1n) is 6.85. The van der Waals surface area contributed by atoms with Crippen LogP contribution in [0.1, 0.15) is 18.9 Å². The van der Waals surface area contributed by atoms with E-state index >= 15 is 0 Å². The average molecular weight is 287 g/mol. The Morgan fingerprint density at radius 2 is 2.19 bits per heavy atom. The van der Waals surface area contributed by atoms with E-state index in [1.54, 1.807) is 29.2 Å². The number of carbonyl (C=O) groups is 2. The molecule has 0 spiro atoms. The molecular formula is C15H17N3O3. The van der Waals surface area contributed by atoms with Crippen LogP contribution >= 0.6 is 0 Å². The van der Waals surface area contributed by atoms with Crippen molar-refractivity contribution in [2.45, 2.75) is 19.4 Å². The van der Waals surface area contributed by atoms with Crippen molar-refractivity contribution in [3.05, 3.63) is 29.8 Å². The van der Waals surface area contributed by atoms with Crippen LogP contribution in [0.2, 0.25) is 0 Å². The van der Waals surface area contributed by atoms with Gasteiger partial charge in [-0.3, -0.25) is 19.8 Å². The minimum absolute atomic E-state index is 0.188. The Bertz CT molecular complexity index is 580. The largest absolute Gasteiger partial charge is 0.491 e. The first-order chi connectivity index (χ1) is 10.2. The fraction of sp³-hybridized carbons (Fsp3) is 0.400. The summed E-state index contributed by atoms with van der Waals surface area (Å²) in [4.78, 5) is 24.9. The van der Waals surface area contributed by atoms with Crippen LogP contribution in [0.5, 0.6) is 5.75 Å².